The molecule has 1 aromatic carbocycles. The second-order valence-corrected chi connectivity index (χ2v) is 7.89. The highest BCUT2D eigenvalue weighted by molar-refractivity contribution is 8.16. The van der Waals surface area contributed by atoms with E-state index in [2.05, 4.69) is 4.99 Å². The lowest BCUT2D eigenvalue weighted by atomic mass is 9.93. The van der Waals surface area contributed by atoms with E-state index in [0.717, 1.165) is 0 Å². The molecule has 0 spiro atoms. The van der Waals surface area contributed by atoms with Crippen LogP contribution in [0.3, 0.4) is 0 Å². The number of nitro groups is 1. The standard InChI is InChI=1S/C21H24N4O5S/c1-5-23(4)17(26)11-16-12-31-21-22-13(3)18(20(27)30-6-2)19(24(16)21)14-8-7-9-15(10-14)25(28)29/h7-10,12,19H,5-6,11H2,1-4H3/t19-/m0/s1. The number of thioether (sulfide) groups is 1. The molecule has 0 unspecified atom stereocenters. The number of esters is 1. The number of benzene rings is 1. The first-order chi connectivity index (χ1) is 14.8. The van der Waals surface area contributed by atoms with Crippen LogP contribution in [0.2, 0.25) is 0 Å². The van der Waals surface area contributed by atoms with Crippen molar-refractivity contribution in [2.24, 2.45) is 4.99 Å². The van der Waals surface area contributed by atoms with Crippen LogP contribution in [0.1, 0.15) is 38.8 Å². The van der Waals surface area contributed by atoms with Crippen molar-refractivity contribution in [1.82, 2.24) is 9.80 Å². The molecule has 2 aliphatic heterocycles. The van der Waals surface area contributed by atoms with E-state index < -0.39 is 16.9 Å². The molecule has 164 valence electrons. The minimum Gasteiger partial charge on any atom is -0.463 e. The van der Waals surface area contributed by atoms with E-state index in [1.54, 1.807) is 37.9 Å². The number of nitrogens with zero attached hydrogens (tertiary/aromatic N) is 4. The molecular formula is C21H24N4O5S. The molecule has 0 radical (unpaired) electrons. The van der Waals surface area contributed by atoms with Crippen molar-refractivity contribution in [3.05, 3.63) is 62.3 Å². The monoisotopic (exact) mass is 444 g/mol. The number of rotatable bonds is 7. The largest absolute Gasteiger partial charge is 0.463 e. The van der Waals surface area contributed by atoms with Gasteiger partial charge >= 0.3 is 5.97 Å². The molecular weight excluding hydrogens is 420 g/mol. The van der Waals surface area contributed by atoms with Crippen LogP contribution in [-0.4, -0.2) is 52.0 Å². The number of amides is 1. The Balaban J connectivity index is 2.10. The number of amidine groups is 1. The van der Waals surface area contributed by atoms with Crippen molar-refractivity contribution in [2.75, 3.05) is 20.2 Å². The first-order valence-electron chi connectivity index (χ1n) is 9.88. The topological polar surface area (TPSA) is 105 Å². The Morgan fingerprint density at radius 2 is 2.10 bits per heavy atom. The summed E-state index contributed by atoms with van der Waals surface area (Å²) in [7, 11) is 1.72. The molecule has 1 amide bonds. The Kier molecular flexibility index (Phi) is 6.79. The van der Waals surface area contributed by atoms with Gasteiger partial charge in [0.25, 0.3) is 5.69 Å². The number of carbonyl (C=O) groups is 2. The maximum Gasteiger partial charge on any atom is 0.338 e. The summed E-state index contributed by atoms with van der Waals surface area (Å²) in [5.41, 5.74) is 1.94. The number of hydrogen-bond acceptors (Lipinski definition) is 8. The Hall–Kier alpha value is -3.14. The van der Waals surface area contributed by atoms with Crippen LogP contribution in [-0.2, 0) is 14.3 Å². The van der Waals surface area contributed by atoms with Gasteiger partial charge < -0.3 is 14.5 Å². The van der Waals surface area contributed by atoms with Gasteiger partial charge in [-0.15, -0.1) is 0 Å². The second-order valence-electron chi connectivity index (χ2n) is 7.05. The van der Waals surface area contributed by atoms with E-state index in [0.29, 0.717) is 34.2 Å². The summed E-state index contributed by atoms with van der Waals surface area (Å²) in [6, 6.07) is 5.47. The van der Waals surface area contributed by atoms with Crippen molar-refractivity contribution in [1.29, 1.82) is 0 Å². The molecule has 9 nitrogen and oxygen atoms in total. The molecule has 0 aliphatic carbocycles. The fourth-order valence-electron chi connectivity index (χ4n) is 3.43. The molecule has 0 fully saturated rings. The SMILES string of the molecule is CCOC(=O)C1=C(C)N=C2SC=C(CC(=O)N(C)CC)N2[C@H]1c1cccc([N+](=O)[O-])c1. The van der Waals surface area contributed by atoms with Crippen molar-refractivity contribution in [2.45, 2.75) is 33.2 Å². The van der Waals surface area contributed by atoms with E-state index in [1.807, 2.05) is 17.2 Å². The van der Waals surface area contributed by atoms with Gasteiger partial charge in [-0.1, -0.05) is 23.9 Å². The number of aliphatic imine (C=N–C) groups is 1. The lowest BCUT2D eigenvalue weighted by Gasteiger charge is -2.36. The highest BCUT2D eigenvalue weighted by Crippen LogP contribution is 2.45. The van der Waals surface area contributed by atoms with Gasteiger partial charge in [0, 0.05) is 31.4 Å². The molecule has 10 heteroatoms. The summed E-state index contributed by atoms with van der Waals surface area (Å²) in [6.07, 6.45) is 0.122. The molecule has 3 rings (SSSR count). The summed E-state index contributed by atoms with van der Waals surface area (Å²) in [4.78, 5) is 44.3. The van der Waals surface area contributed by atoms with Crippen LogP contribution in [0.4, 0.5) is 5.69 Å². The van der Waals surface area contributed by atoms with Crippen molar-refractivity contribution < 1.29 is 19.2 Å². The molecule has 1 atom stereocenters. The second kappa shape index (κ2) is 9.34. The summed E-state index contributed by atoms with van der Waals surface area (Å²) in [6.45, 7) is 6.08. The zero-order valence-corrected chi connectivity index (χ0v) is 18.6. The van der Waals surface area contributed by atoms with Crippen LogP contribution in [0.15, 0.2) is 51.6 Å². The van der Waals surface area contributed by atoms with E-state index >= 15 is 0 Å². The van der Waals surface area contributed by atoms with Crippen LogP contribution >= 0.6 is 11.8 Å². The van der Waals surface area contributed by atoms with Gasteiger partial charge in [-0.3, -0.25) is 14.9 Å². The average molecular weight is 445 g/mol. The van der Waals surface area contributed by atoms with Crippen molar-refractivity contribution >= 4 is 34.5 Å². The number of nitro benzene ring substituents is 1. The van der Waals surface area contributed by atoms with Crippen molar-refractivity contribution in [3.8, 4) is 0 Å². The molecule has 1 aromatic rings. The third kappa shape index (κ3) is 4.48. The highest BCUT2D eigenvalue weighted by atomic mass is 32.2. The van der Waals surface area contributed by atoms with Gasteiger partial charge in [0.15, 0.2) is 5.17 Å². The Morgan fingerprint density at radius 1 is 1.35 bits per heavy atom. The summed E-state index contributed by atoms with van der Waals surface area (Å²) in [5, 5.41) is 13.8. The van der Waals surface area contributed by atoms with Gasteiger partial charge in [-0.05, 0) is 31.7 Å². The van der Waals surface area contributed by atoms with E-state index in [-0.39, 0.29) is 24.6 Å². The fraction of sp³-hybridized carbons (Fsp3) is 0.381. The Bertz CT molecular complexity index is 1020. The lowest BCUT2D eigenvalue weighted by Crippen LogP contribution is -2.38. The molecule has 0 bridgehead atoms. The quantitative estimate of drug-likeness (QED) is 0.359. The minimum atomic E-state index is -0.688. The molecule has 0 aromatic heterocycles. The minimum absolute atomic E-state index is 0.0719. The highest BCUT2D eigenvalue weighted by Gasteiger charge is 2.41. The van der Waals surface area contributed by atoms with Gasteiger partial charge in [0.05, 0.1) is 35.3 Å². The predicted octanol–water partition coefficient (Wildman–Crippen LogP) is 3.60. The van der Waals surface area contributed by atoms with E-state index in [1.165, 1.54) is 23.9 Å². The van der Waals surface area contributed by atoms with Crippen LogP contribution in [0.25, 0.3) is 0 Å². The van der Waals surface area contributed by atoms with Crippen LogP contribution in [0, 0.1) is 10.1 Å². The summed E-state index contributed by atoms with van der Waals surface area (Å²) < 4.78 is 5.27. The lowest BCUT2D eigenvalue weighted by molar-refractivity contribution is -0.384. The number of ether oxygens (including phenoxy) is 1. The van der Waals surface area contributed by atoms with E-state index in [9.17, 15) is 19.7 Å². The van der Waals surface area contributed by atoms with Gasteiger partial charge in [0.1, 0.15) is 0 Å². The molecule has 2 heterocycles. The zero-order valence-electron chi connectivity index (χ0n) is 17.8. The molecule has 0 saturated carbocycles. The smallest absolute Gasteiger partial charge is 0.338 e. The van der Waals surface area contributed by atoms with Gasteiger partial charge in [0.2, 0.25) is 5.91 Å². The summed E-state index contributed by atoms with van der Waals surface area (Å²) in [5.74, 6) is -0.607. The number of hydrogen-bond donors (Lipinski definition) is 0. The molecule has 2 aliphatic rings. The maximum absolute atomic E-state index is 12.9. The maximum atomic E-state index is 12.9. The van der Waals surface area contributed by atoms with Gasteiger partial charge in [-0.25, -0.2) is 9.79 Å². The average Bonchev–Trinajstić information content (AvgIpc) is 3.14. The number of carbonyl (C=O) groups excluding carboxylic acids is 2. The van der Waals surface area contributed by atoms with Crippen LogP contribution in [0.5, 0.6) is 0 Å². The van der Waals surface area contributed by atoms with Gasteiger partial charge in [-0.2, -0.15) is 0 Å². The summed E-state index contributed by atoms with van der Waals surface area (Å²) >= 11 is 1.36. The molecule has 0 N–H and O–H groups in total. The van der Waals surface area contributed by atoms with Crippen LogP contribution < -0.4 is 0 Å². The first kappa shape index (κ1) is 22.5. The first-order valence-corrected chi connectivity index (χ1v) is 10.8. The third-order valence-corrected chi connectivity index (χ3v) is 6.01. The number of allylic oxidation sites excluding steroid dienone is 1. The third-order valence-electron chi connectivity index (χ3n) is 5.13. The molecule has 0 saturated heterocycles. The number of non-ortho nitro benzene ring substituents is 1. The Labute approximate surface area is 184 Å². The normalized spacial score (nSPS) is 17.7. The van der Waals surface area contributed by atoms with E-state index in [4.69, 9.17) is 4.74 Å². The zero-order chi connectivity index (χ0) is 22.7. The number of fused-ring (bicyclic) bond motifs is 1. The van der Waals surface area contributed by atoms with Crippen molar-refractivity contribution in [3.63, 3.8) is 0 Å². The Morgan fingerprint density at radius 3 is 2.74 bits per heavy atom. The fourth-order valence-corrected chi connectivity index (χ4v) is 4.39. The molecule has 31 heavy (non-hydrogen) atoms. The predicted molar refractivity (Wildman–Crippen MR) is 118 cm³/mol.